The predicted octanol–water partition coefficient (Wildman–Crippen LogP) is 3.67. The normalized spacial score (nSPS) is 15.0. The van der Waals surface area contributed by atoms with Gasteiger partial charge in [-0.1, -0.05) is 17.7 Å². The van der Waals surface area contributed by atoms with E-state index in [1.807, 2.05) is 37.3 Å². The van der Waals surface area contributed by atoms with Gasteiger partial charge in [0.15, 0.2) is 13.1 Å². The third kappa shape index (κ3) is 5.47. The maximum Gasteiger partial charge on any atom is 0.279 e. The molecule has 7 nitrogen and oxygen atoms in total. The molecule has 168 valence electrons. The summed E-state index contributed by atoms with van der Waals surface area (Å²) in [6, 6.07) is 13.4. The summed E-state index contributed by atoms with van der Waals surface area (Å²) in [6.45, 7) is 2.81. The molecule has 2 N–H and O–H groups in total. The Morgan fingerprint density at radius 2 is 1.94 bits per heavy atom. The summed E-state index contributed by atoms with van der Waals surface area (Å²) in [6.07, 6.45) is 4.55. The highest BCUT2D eigenvalue weighted by Gasteiger charge is 2.30. The fourth-order valence-electron chi connectivity index (χ4n) is 4.23. The van der Waals surface area contributed by atoms with Gasteiger partial charge in [-0.15, -0.1) is 10.2 Å². The molecule has 1 fully saturated rings. The number of aromatic nitrogens is 2. The number of ether oxygens (including phenoxy) is 1. The summed E-state index contributed by atoms with van der Waals surface area (Å²) >= 11 is 5.96. The largest absolute Gasteiger partial charge is 0.495 e. The molecular formula is C24H28ClN4O3+. The second-order valence-electron chi connectivity index (χ2n) is 8.25. The summed E-state index contributed by atoms with van der Waals surface area (Å²) < 4.78 is 11.3. The van der Waals surface area contributed by atoms with Gasteiger partial charge in [0.1, 0.15) is 5.75 Å². The monoisotopic (exact) mass is 455 g/mol. The summed E-state index contributed by atoms with van der Waals surface area (Å²) in [4.78, 5) is 14.1. The van der Waals surface area contributed by atoms with E-state index in [1.54, 1.807) is 19.2 Å². The Kier molecular flexibility index (Phi) is 7.07. The van der Waals surface area contributed by atoms with Crippen LogP contribution in [0, 0.1) is 6.92 Å². The summed E-state index contributed by atoms with van der Waals surface area (Å²) in [7, 11) is 1.60. The van der Waals surface area contributed by atoms with Crippen LogP contribution in [0.5, 0.6) is 5.75 Å². The lowest BCUT2D eigenvalue weighted by Crippen LogP contribution is -3.15. The maximum atomic E-state index is 12.9. The number of methoxy groups -OCH3 is 1. The van der Waals surface area contributed by atoms with Gasteiger partial charge in [0.25, 0.3) is 11.8 Å². The van der Waals surface area contributed by atoms with Crippen molar-refractivity contribution in [3.05, 3.63) is 58.9 Å². The Balaban J connectivity index is 1.47. The van der Waals surface area contributed by atoms with Crippen molar-refractivity contribution >= 4 is 23.2 Å². The van der Waals surface area contributed by atoms with E-state index in [9.17, 15) is 4.79 Å². The Labute approximate surface area is 192 Å². The molecule has 1 amide bonds. The molecule has 1 aromatic heterocycles. The van der Waals surface area contributed by atoms with E-state index in [-0.39, 0.29) is 5.91 Å². The van der Waals surface area contributed by atoms with Crippen molar-refractivity contribution in [3.8, 4) is 17.2 Å². The van der Waals surface area contributed by atoms with Gasteiger partial charge in [-0.3, -0.25) is 4.79 Å². The van der Waals surface area contributed by atoms with Gasteiger partial charge in [0, 0.05) is 10.6 Å². The van der Waals surface area contributed by atoms with Crippen LogP contribution in [0.3, 0.4) is 0 Å². The number of nitrogens with zero attached hydrogens (tertiary/aromatic N) is 2. The molecule has 1 atom stereocenters. The molecule has 1 aliphatic carbocycles. The fraction of sp³-hybridized carbons (Fsp3) is 0.375. The number of hydrogen-bond acceptors (Lipinski definition) is 5. The van der Waals surface area contributed by atoms with E-state index >= 15 is 0 Å². The Morgan fingerprint density at radius 1 is 1.19 bits per heavy atom. The summed E-state index contributed by atoms with van der Waals surface area (Å²) in [5, 5.41) is 12.1. The number of anilines is 1. The van der Waals surface area contributed by atoms with Gasteiger partial charge in [-0.05, 0) is 74.6 Å². The SMILES string of the molecule is COc1ccc(C)cc1NC(=O)C[NH+](Cc1nnc(-c2ccc(Cl)cc2)o1)C1CCCC1. The lowest BCUT2D eigenvalue weighted by atomic mass is 10.2. The van der Waals surface area contributed by atoms with Crippen molar-refractivity contribution in [1.82, 2.24) is 10.2 Å². The maximum absolute atomic E-state index is 12.9. The number of nitrogens with one attached hydrogen (secondary N) is 2. The molecule has 0 saturated heterocycles. The highest BCUT2D eigenvalue weighted by Crippen LogP contribution is 2.25. The van der Waals surface area contributed by atoms with Crippen LogP contribution < -0.4 is 15.0 Å². The third-order valence-electron chi connectivity index (χ3n) is 5.89. The Morgan fingerprint density at radius 3 is 2.66 bits per heavy atom. The molecule has 4 rings (SSSR count). The lowest BCUT2D eigenvalue weighted by Gasteiger charge is -2.24. The van der Waals surface area contributed by atoms with Crippen LogP contribution in [0.1, 0.15) is 37.1 Å². The van der Waals surface area contributed by atoms with Gasteiger partial charge < -0.3 is 19.4 Å². The first-order chi connectivity index (χ1) is 15.5. The molecule has 1 aliphatic rings. The average molecular weight is 456 g/mol. The van der Waals surface area contributed by atoms with Gasteiger partial charge in [-0.2, -0.15) is 0 Å². The molecule has 0 radical (unpaired) electrons. The molecule has 0 aliphatic heterocycles. The van der Waals surface area contributed by atoms with Gasteiger partial charge in [-0.25, -0.2) is 0 Å². The molecule has 8 heteroatoms. The molecule has 32 heavy (non-hydrogen) atoms. The van der Waals surface area contributed by atoms with Crippen LogP contribution >= 0.6 is 11.6 Å². The second-order valence-corrected chi connectivity index (χ2v) is 8.69. The van der Waals surface area contributed by atoms with Crippen molar-refractivity contribution in [3.63, 3.8) is 0 Å². The van der Waals surface area contributed by atoms with Crippen LogP contribution in [-0.4, -0.2) is 35.8 Å². The molecule has 1 unspecified atom stereocenters. The number of amides is 1. The van der Waals surface area contributed by atoms with E-state index in [4.69, 9.17) is 20.8 Å². The highest BCUT2D eigenvalue weighted by molar-refractivity contribution is 6.30. The average Bonchev–Trinajstić information content (AvgIpc) is 3.46. The van der Waals surface area contributed by atoms with E-state index in [0.29, 0.717) is 47.4 Å². The summed E-state index contributed by atoms with van der Waals surface area (Å²) in [5.74, 6) is 1.57. The molecule has 0 spiro atoms. The van der Waals surface area contributed by atoms with Crippen LogP contribution in [0.15, 0.2) is 46.9 Å². The minimum Gasteiger partial charge on any atom is -0.495 e. The first kappa shape index (κ1) is 22.3. The van der Waals surface area contributed by atoms with Gasteiger partial charge in [0.05, 0.1) is 18.8 Å². The zero-order valence-electron chi connectivity index (χ0n) is 18.4. The third-order valence-corrected chi connectivity index (χ3v) is 6.14. The number of hydrogen-bond donors (Lipinski definition) is 2. The van der Waals surface area contributed by atoms with Crippen molar-refractivity contribution in [2.24, 2.45) is 0 Å². The molecule has 2 aromatic carbocycles. The number of aryl methyl sites for hydroxylation is 1. The van der Waals surface area contributed by atoms with Crippen LogP contribution in [0.2, 0.25) is 5.02 Å². The number of halogens is 1. The first-order valence-electron chi connectivity index (χ1n) is 10.9. The van der Waals surface area contributed by atoms with Gasteiger partial charge >= 0.3 is 0 Å². The first-order valence-corrected chi connectivity index (χ1v) is 11.3. The van der Waals surface area contributed by atoms with Crippen molar-refractivity contribution in [2.75, 3.05) is 19.0 Å². The van der Waals surface area contributed by atoms with E-state index in [0.717, 1.165) is 28.9 Å². The lowest BCUT2D eigenvalue weighted by molar-refractivity contribution is -0.931. The zero-order valence-corrected chi connectivity index (χ0v) is 19.1. The van der Waals surface area contributed by atoms with Crippen LogP contribution in [0.4, 0.5) is 5.69 Å². The predicted molar refractivity (Wildman–Crippen MR) is 123 cm³/mol. The summed E-state index contributed by atoms with van der Waals surface area (Å²) in [5.41, 5.74) is 2.56. The molecule has 3 aromatic rings. The molecular weight excluding hydrogens is 428 g/mol. The Hall–Kier alpha value is -2.90. The molecule has 0 bridgehead atoms. The zero-order chi connectivity index (χ0) is 22.5. The van der Waals surface area contributed by atoms with Gasteiger partial charge in [0.2, 0.25) is 5.89 Å². The van der Waals surface area contributed by atoms with E-state index in [2.05, 4.69) is 15.5 Å². The Bertz CT molecular complexity index is 1060. The van der Waals surface area contributed by atoms with Crippen LogP contribution in [0.25, 0.3) is 11.5 Å². The van der Waals surface area contributed by atoms with Crippen LogP contribution in [-0.2, 0) is 11.3 Å². The number of benzene rings is 2. The second kappa shape index (κ2) is 10.1. The fourth-order valence-corrected chi connectivity index (χ4v) is 4.36. The minimum atomic E-state index is -0.0618. The highest BCUT2D eigenvalue weighted by atomic mass is 35.5. The number of rotatable bonds is 8. The van der Waals surface area contributed by atoms with E-state index in [1.165, 1.54) is 12.8 Å². The molecule has 1 heterocycles. The van der Waals surface area contributed by atoms with Crippen molar-refractivity contribution in [1.29, 1.82) is 0 Å². The topological polar surface area (TPSA) is 81.7 Å². The van der Waals surface area contributed by atoms with Crippen molar-refractivity contribution in [2.45, 2.75) is 45.2 Å². The standard InChI is InChI=1S/C24H27ClN4O3/c1-16-7-12-21(31-2)20(13-16)26-22(30)14-29(19-5-3-4-6-19)15-23-27-28-24(32-23)17-8-10-18(25)11-9-17/h7-13,19H,3-6,14-15H2,1-2H3,(H,26,30)/p+1. The number of carbonyl (C=O) groups excluding carboxylic acids is 1. The number of quaternary nitrogens is 1. The smallest absolute Gasteiger partial charge is 0.279 e. The van der Waals surface area contributed by atoms with E-state index < -0.39 is 0 Å². The van der Waals surface area contributed by atoms with Crippen molar-refractivity contribution < 1.29 is 18.8 Å². The number of carbonyl (C=O) groups is 1. The minimum absolute atomic E-state index is 0.0618. The molecule has 1 saturated carbocycles. The quantitative estimate of drug-likeness (QED) is 0.541.